The Balaban J connectivity index is 2.37. The monoisotopic (exact) mass is 322 g/mol. The van der Waals surface area contributed by atoms with Gasteiger partial charge in [-0.25, -0.2) is 0 Å². The predicted molar refractivity (Wildman–Crippen MR) is 102 cm³/mol. The van der Waals surface area contributed by atoms with Gasteiger partial charge >= 0.3 is 0 Å². The van der Waals surface area contributed by atoms with Gasteiger partial charge in [0.15, 0.2) is 0 Å². The Morgan fingerprint density at radius 1 is 1.00 bits per heavy atom. The first-order chi connectivity index (χ1) is 11.5. The summed E-state index contributed by atoms with van der Waals surface area (Å²) in [7, 11) is 1.88. The Bertz CT molecular complexity index is 942. The molecule has 0 saturated heterocycles. The standard InChI is InChI=1S/C21H26N2O/c1-6-16(7-2)23-19-10-8-9-18(20(19)21(24)22(23)5)17-12-11-14(3)13-15(17)4/h8-13,16H,6-7H2,1-5H3. The third kappa shape index (κ3) is 2.48. The van der Waals surface area contributed by atoms with Gasteiger partial charge < -0.3 is 0 Å². The van der Waals surface area contributed by atoms with E-state index in [4.69, 9.17) is 0 Å². The van der Waals surface area contributed by atoms with Crippen molar-refractivity contribution in [3.05, 3.63) is 57.9 Å². The van der Waals surface area contributed by atoms with Gasteiger partial charge in [-0.1, -0.05) is 49.7 Å². The summed E-state index contributed by atoms with van der Waals surface area (Å²) in [5.41, 5.74) is 5.76. The molecule has 24 heavy (non-hydrogen) atoms. The smallest absolute Gasteiger partial charge is 0.274 e. The Hall–Kier alpha value is -2.29. The van der Waals surface area contributed by atoms with E-state index < -0.39 is 0 Å². The summed E-state index contributed by atoms with van der Waals surface area (Å²) < 4.78 is 3.96. The van der Waals surface area contributed by atoms with Gasteiger partial charge in [0.25, 0.3) is 5.56 Å². The van der Waals surface area contributed by atoms with Crippen LogP contribution >= 0.6 is 0 Å². The van der Waals surface area contributed by atoms with E-state index in [0.29, 0.717) is 6.04 Å². The maximum Gasteiger partial charge on any atom is 0.274 e. The number of hydrogen-bond acceptors (Lipinski definition) is 1. The molecular formula is C21H26N2O. The van der Waals surface area contributed by atoms with Gasteiger partial charge in [0, 0.05) is 7.05 Å². The lowest BCUT2D eigenvalue weighted by atomic mass is 9.96. The van der Waals surface area contributed by atoms with Crippen molar-refractivity contribution in [2.75, 3.05) is 0 Å². The molecule has 1 heterocycles. The summed E-state index contributed by atoms with van der Waals surface area (Å²) in [5, 5.41) is 0.832. The molecule has 3 heteroatoms. The van der Waals surface area contributed by atoms with E-state index in [1.54, 1.807) is 4.68 Å². The fourth-order valence-corrected chi connectivity index (χ4v) is 3.79. The topological polar surface area (TPSA) is 26.9 Å². The first kappa shape index (κ1) is 16.6. The van der Waals surface area contributed by atoms with Crippen LogP contribution in [0.2, 0.25) is 0 Å². The van der Waals surface area contributed by atoms with Gasteiger partial charge in [0.1, 0.15) is 0 Å². The second-order valence-corrected chi connectivity index (χ2v) is 6.66. The number of fused-ring (bicyclic) bond motifs is 1. The molecule has 0 amide bonds. The van der Waals surface area contributed by atoms with Gasteiger partial charge in [-0.3, -0.25) is 14.2 Å². The van der Waals surface area contributed by atoms with E-state index in [1.165, 1.54) is 11.1 Å². The van der Waals surface area contributed by atoms with Crippen LogP contribution in [-0.2, 0) is 7.05 Å². The largest absolute Gasteiger partial charge is 0.279 e. The highest BCUT2D eigenvalue weighted by Crippen LogP contribution is 2.31. The highest BCUT2D eigenvalue weighted by molar-refractivity contribution is 5.95. The maximum atomic E-state index is 13.0. The lowest BCUT2D eigenvalue weighted by Gasteiger charge is -2.19. The number of rotatable bonds is 4. The molecule has 0 bridgehead atoms. The SMILES string of the molecule is CCC(CC)n1c2cccc(-c3ccc(C)cc3C)c2c(=O)n1C. The van der Waals surface area contributed by atoms with Crippen molar-refractivity contribution < 1.29 is 0 Å². The van der Waals surface area contributed by atoms with Crippen molar-refractivity contribution in [1.29, 1.82) is 0 Å². The molecule has 2 aromatic carbocycles. The van der Waals surface area contributed by atoms with Crippen molar-refractivity contribution in [1.82, 2.24) is 9.36 Å². The molecule has 0 unspecified atom stereocenters. The number of aromatic nitrogens is 2. The van der Waals surface area contributed by atoms with Crippen LogP contribution in [-0.4, -0.2) is 9.36 Å². The maximum absolute atomic E-state index is 13.0. The van der Waals surface area contributed by atoms with Crippen LogP contribution in [0.3, 0.4) is 0 Å². The van der Waals surface area contributed by atoms with Crippen LogP contribution in [0, 0.1) is 13.8 Å². The van der Waals surface area contributed by atoms with Crippen LogP contribution in [0.15, 0.2) is 41.2 Å². The third-order valence-electron chi connectivity index (χ3n) is 5.08. The molecule has 0 aliphatic heterocycles. The van der Waals surface area contributed by atoms with Gasteiger partial charge in [0.2, 0.25) is 0 Å². The average molecular weight is 322 g/mol. The van der Waals surface area contributed by atoms with Gasteiger partial charge in [-0.05, 0) is 49.4 Å². The molecule has 0 aliphatic carbocycles. The molecule has 126 valence electrons. The summed E-state index contributed by atoms with van der Waals surface area (Å²) in [4.78, 5) is 13.0. The van der Waals surface area contributed by atoms with E-state index in [1.807, 2.05) is 7.05 Å². The van der Waals surface area contributed by atoms with E-state index in [2.05, 4.69) is 68.8 Å². The van der Waals surface area contributed by atoms with Gasteiger partial charge in [-0.2, -0.15) is 0 Å². The molecule has 0 aliphatic rings. The van der Waals surface area contributed by atoms with Crippen LogP contribution in [0.25, 0.3) is 22.0 Å². The molecule has 0 N–H and O–H groups in total. The predicted octanol–water partition coefficient (Wildman–Crippen LogP) is 4.98. The first-order valence-corrected chi connectivity index (χ1v) is 8.77. The van der Waals surface area contributed by atoms with E-state index in [-0.39, 0.29) is 5.56 Å². The summed E-state index contributed by atoms with van der Waals surface area (Å²) in [6.07, 6.45) is 2.03. The lowest BCUT2D eigenvalue weighted by Crippen LogP contribution is -2.22. The Kier molecular flexibility index (Phi) is 4.35. The molecule has 3 rings (SSSR count). The van der Waals surface area contributed by atoms with Crippen molar-refractivity contribution >= 4 is 10.9 Å². The fourth-order valence-electron chi connectivity index (χ4n) is 3.79. The quantitative estimate of drug-likeness (QED) is 0.665. The fraction of sp³-hybridized carbons (Fsp3) is 0.381. The zero-order valence-corrected chi connectivity index (χ0v) is 15.3. The number of benzene rings is 2. The highest BCUT2D eigenvalue weighted by atomic mass is 16.1. The Labute approximate surface area is 143 Å². The van der Waals surface area contributed by atoms with E-state index in [9.17, 15) is 4.79 Å². The minimum Gasteiger partial charge on any atom is -0.279 e. The van der Waals surface area contributed by atoms with Crippen molar-refractivity contribution in [2.45, 2.75) is 46.6 Å². The molecule has 0 fully saturated rings. The lowest BCUT2D eigenvalue weighted by molar-refractivity contribution is 0.384. The van der Waals surface area contributed by atoms with E-state index >= 15 is 0 Å². The molecule has 3 nitrogen and oxygen atoms in total. The summed E-state index contributed by atoms with van der Waals surface area (Å²) in [6, 6.07) is 13.0. The first-order valence-electron chi connectivity index (χ1n) is 8.77. The van der Waals surface area contributed by atoms with Crippen LogP contribution in [0.1, 0.15) is 43.9 Å². The summed E-state index contributed by atoms with van der Waals surface area (Å²) in [6.45, 7) is 8.57. The molecule has 1 aromatic heterocycles. The van der Waals surface area contributed by atoms with Gasteiger partial charge in [0.05, 0.1) is 16.9 Å². The number of aryl methyl sites for hydroxylation is 2. The highest BCUT2D eigenvalue weighted by Gasteiger charge is 2.19. The third-order valence-corrected chi connectivity index (χ3v) is 5.08. The summed E-state index contributed by atoms with van der Waals surface area (Å²) in [5.74, 6) is 0. The summed E-state index contributed by atoms with van der Waals surface area (Å²) >= 11 is 0. The van der Waals surface area contributed by atoms with Crippen molar-refractivity contribution in [3.63, 3.8) is 0 Å². The molecular weight excluding hydrogens is 296 g/mol. The minimum atomic E-state index is 0.0903. The number of hydrogen-bond donors (Lipinski definition) is 0. The van der Waals surface area contributed by atoms with Crippen LogP contribution < -0.4 is 5.56 Å². The van der Waals surface area contributed by atoms with Crippen LogP contribution in [0.5, 0.6) is 0 Å². The molecule has 0 atom stereocenters. The van der Waals surface area contributed by atoms with Crippen molar-refractivity contribution in [3.8, 4) is 11.1 Å². The average Bonchev–Trinajstić information content (AvgIpc) is 2.82. The second-order valence-electron chi connectivity index (χ2n) is 6.66. The molecule has 3 aromatic rings. The van der Waals surface area contributed by atoms with Crippen molar-refractivity contribution in [2.24, 2.45) is 7.05 Å². The number of nitrogens with zero attached hydrogens (tertiary/aromatic N) is 2. The van der Waals surface area contributed by atoms with Crippen LogP contribution in [0.4, 0.5) is 0 Å². The Morgan fingerprint density at radius 2 is 1.71 bits per heavy atom. The Morgan fingerprint density at radius 3 is 2.33 bits per heavy atom. The molecule has 0 radical (unpaired) electrons. The zero-order valence-electron chi connectivity index (χ0n) is 15.3. The van der Waals surface area contributed by atoms with E-state index in [0.717, 1.165) is 34.9 Å². The zero-order chi connectivity index (χ0) is 17.4. The molecule has 0 saturated carbocycles. The second kappa shape index (κ2) is 6.31. The van der Waals surface area contributed by atoms with Gasteiger partial charge in [-0.15, -0.1) is 0 Å². The molecule has 0 spiro atoms. The normalized spacial score (nSPS) is 11.6. The minimum absolute atomic E-state index is 0.0903.